The summed E-state index contributed by atoms with van der Waals surface area (Å²) in [7, 11) is 0. The number of halogens is 1. The van der Waals surface area contributed by atoms with Crippen molar-refractivity contribution in [2.24, 2.45) is 17.6 Å². The third kappa shape index (κ3) is 3.71. The van der Waals surface area contributed by atoms with Crippen LogP contribution in [0.1, 0.15) is 45.9 Å². The zero-order valence-electron chi connectivity index (χ0n) is 20.7. The Morgan fingerprint density at radius 3 is 2.81 bits per heavy atom. The minimum atomic E-state index is -1.12. The standard InChI is InChI=1S/C25H27ClN8O3/c1-4-16-12(3)36-20-11(2)5-6-13-10-33-19-17(14-7-15(26)9-29-8-14)30-23(21(27)37-24(28)35)31-22(19)32-25(33)34(16)18(13)20/h7-9,11-13,16,27H,4-6,10H2,1-3H3,(H2,28,35)/t11-,12-,13+,16-/m1/s1. The zero-order valence-corrected chi connectivity index (χ0v) is 21.5. The molecule has 37 heavy (non-hydrogen) atoms. The zero-order chi connectivity index (χ0) is 26.0. The lowest BCUT2D eigenvalue weighted by Crippen LogP contribution is -2.53. The summed E-state index contributed by atoms with van der Waals surface area (Å²) in [6.45, 7) is 7.18. The lowest BCUT2D eigenvalue weighted by atomic mass is 9.81. The molecule has 3 aliphatic rings. The van der Waals surface area contributed by atoms with E-state index < -0.39 is 12.0 Å². The molecule has 3 aromatic rings. The van der Waals surface area contributed by atoms with Crippen molar-refractivity contribution in [2.75, 3.05) is 4.90 Å². The van der Waals surface area contributed by atoms with Gasteiger partial charge in [-0.05, 0) is 32.3 Å². The molecule has 0 radical (unpaired) electrons. The number of fused-ring (bicyclic) bond motifs is 4. The smallest absolute Gasteiger partial charge is 0.411 e. The molecular weight excluding hydrogens is 496 g/mol. The highest BCUT2D eigenvalue weighted by Gasteiger charge is 2.47. The number of nitrogens with zero attached hydrogens (tertiary/aromatic N) is 6. The van der Waals surface area contributed by atoms with E-state index >= 15 is 0 Å². The first-order chi connectivity index (χ1) is 17.8. The minimum Gasteiger partial charge on any atom is -0.491 e. The monoisotopic (exact) mass is 522 g/mol. The van der Waals surface area contributed by atoms with Crippen molar-refractivity contribution in [1.82, 2.24) is 24.5 Å². The summed E-state index contributed by atoms with van der Waals surface area (Å²) in [5.41, 5.74) is 8.59. The van der Waals surface area contributed by atoms with Crippen molar-refractivity contribution in [3.05, 3.63) is 40.8 Å². The molecule has 1 amide bonds. The van der Waals surface area contributed by atoms with Gasteiger partial charge in [0.25, 0.3) is 5.90 Å². The Bertz CT molecular complexity index is 1480. The van der Waals surface area contributed by atoms with Crippen LogP contribution in [0.15, 0.2) is 29.9 Å². The SMILES string of the molecule is CC[C@@H]1[C@@H](C)OC2=C3[C@@H](CC[C@H]2C)Cn2c(nc4nc(C(=N)OC(N)=O)nc(-c5cncc(Cl)c5)c42)N31. The summed E-state index contributed by atoms with van der Waals surface area (Å²) in [4.78, 5) is 32.0. The Hall–Kier alpha value is -3.73. The van der Waals surface area contributed by atoms with E-state index in [1.54, 1.807) is 12.3 Å². The predicted octanol–water partition coefficient (Wildman–Crippen LogP) is 4.24. The summed E-state index contributed by atoms with van der Waals surface area (Å²) in [5.74, 6) is 1.77. The number of aromatic nitrogens is 5. The second kappa shape index (κ2) is 8.69. The van der Waals surface area contributed by atoms with Gasteiger partial charge in [0.15, 0.2) is 5.65 Å². The number of allylic oxidation sites excluding steroid dienone is 2. The van der Waals surface area contributed by atoms with E-state index in [-0.39, 0.29) is 23.9 Å². The lowest BCUT2D eigenvalue weighted by Gasteiger charge is -2.50. The van der Waals surface area contributed by atoms with Crippen molar-refractivity contribution in [3.8, 4) is 11.3 Å². The molecule has 1 aliphatic carbocycles. The van der Waals surface area contributed by atoms with E-state index in [1.165, 1.54) is 11.9 Å². The number of hydrogen-bond acceptors (Lipinski definition) is 9. The van der Waals surface area contributed by atoms with E-state index in [4.69, 9.17) is 37.2 Å². The third-order valence-electron chi connectivity index (χ3n) is 7.48. The first kappa shape index (κ1) is 23.7. The number of anilines is 1. The Morgan fingerprint density at radius 1 is 1.27 bits per heavy atom. The van der Waals surface area contributed by atoms with Crippen LogP contribution < -0.4 is 10.6 Å². The number of pyridine rings is 1. The van der Waals surface area contributed by atoms with Crippen molar-refractivity contribution in [1.29, 1.82) is 5.41 Å². The number of imidazole rings is 1. The summed E-state index contributed by atoms with van der Waals surface area (Å²) < 4.78 is 13.4. The third-order valence-corrected chi connectivity index (χ3v) is 7.69. The molecule has 0 saturated carbocycles. The number of nitrogens with two attached hydrogens (primary N) is 1. The van der Waals surface area contributed by atoms with Gasteiger partial charge >= 0.3 is 6.09 Å². The molecule has 0 fully saturated rings. The molecule has 11 nitrogen and oxygen atoms in total. The van der Waals surface area contributed by atoms with Crippen LogP contribution in [-0.2, 0) is 16.0 Å². The Kier molecular flexibility index (Phi) is 5.55. The summed E-state index contributed by atoms with van der Waals surface area (Å²) in [6.07, 6.45) is 5.03. The fourth-order valence-corrected chi connectivity index (χ4v) is 6.05. The molecule has 3 N–H and O–H groups in total. The van der Waals surface area contributed by atoms with Crippen LogP contribution in [0.5, 0.6) is 0 Å². The van der Waals surface area contributed by atoms with Crippen LogP contribution in [-0.4, -0.2) is 48.6 Å². The number of primary amides is 1. The molecule has 6 rings (SSSR count). The largest absolute Gasteiger partial charge is 0.491 e. The molecule has 0 saturated heterocycles. The maximum atomic E-state index is 11.3. The topological polar surface area (TPSA) is 145 Å². The first-order valence-corrected chi connectivity index (χ1v) is 12.8. The Morgan fingerprint density at radius 2 is 2.08 bits per heavy atom. The number of rotatable bonds is 3. The molecule has 0 aromatic carbocycles. The molecule has 12 heteroatoms. The fraction of sp³-hybridized carbons (Fsp3) is 0.440. The number of carbonyl (C=O) groups excluding carboxylic acids is 1. The Balaban J connectivity index is 1.63. The molecule has 192 valence electrons. The summed E-state index contributed by atoms with van der Waals surface area (Å²) in [6, 6.07) is 1.85. The maximum absolute atomic E-state index is 11.3. The molecule has 5 heterocycles. The molecule has 0 bridgehead atoms. The molecule has 3 aromatic heterocycles. The molecule has 0 unspecified atom stereocenters. The minimum absolute atomic E-state index is 0.00768. The molecular formula is C25H27ClN8O3. The fourth-order valence-electron chi connectivity index (χ4n) is 5.87. The van der Waals surface area contributed by atoms with E-state index in [0.29, 0.717) is 39.9 Å². The van der Waals surface area contributed by atoms with Crippen molar-refractivity contribution < 1.29 is 14.3 Å². The van der Waals surface area contributed by atoms with E-state index in [1.807, 2.05) is 0 Å². The van der Waals surface area contributed by atoms with E-state index in [9.17, 15) is 4.79 Å². The average Bonchev–Trinajstić information content (AvgIpc) is 3.23. The second-order valence-electron chi connectivity index (χ2n) is 9.83. The van der Waals surface area contributed by atoms with Crippen LogP contribution in [0.2, 0.25) is 5.02 Å². The van der Waals surface area contributed by atoms with Crippen LogP contribution in [0.3, 0.4) is 0 Å². The number of hydrogen-bond donors (Lipinski definition) is 2. The van der Waals surface area contributed by atoms with Gasteiger partial charge < -0.3 is 24.7 Å². The maximum Gasteiger partial charge on any atom is 0.411 e. The molecule has 2 aliphatic heterocycles. The van der Waals surface area contributed by atoms with Gasteiger partial charge in [0, 0.05) is 36.3 Å². The van der Waals surface area contributed by atoms with Gasteiger partial charge in [0.05, 0.1) is 16.8 Å². The first-order valence-electron chi connectivity index (χ1n) is 12.4. The number of nitrogens with one attached hydrogen (secondary N) is 1. The average molecular weight is 523 g/mol. The molecule has 4 atom stereocenters. The molecule has 0 spiro atoms. The lowest BCUT2D eigenvalue weighted by molar-refractivity contribution is 0.0477. The summed E-state index contributed by atoms with van der Waals surface area (Å²) in [5, 5.41) is 8.64. The van der Waals surface area contributed by atoms with E-state index in [2.05, 4.69) is 45.2 Å². The van der Waals surface area contributed by atoms with Gasteiger partial charge in [-0.1, -0.05) is 25.4 Å². The number of ether oxygens (including phenoxy) is 2. The van der Waals surface area contributed by atoms with Gasteiger partial charge in [0.2, 0.25) is 11.8 Å². The van der Waals surface area contributed by atoms with Crippen LogP contribution in [0.4, 0.5) is 10.7 Å². The normalized spacial score (nSPS) is 24.4. The number of amides is 1. The van der Waals surface area contributed by atoms with Gasteiger partial charge in [-0.15, -0.1) is 0 Å². The Labute approximate surface area is 218 Å². The van der Waals surface area contributed by atoms with E-state index in [0.717, 1.165) is 31.0 Å². The second-order valence-corrected chi connectivity index (χ2v) is 10.3. The summed E-state index contributed by atoms with van der Waals surface area (Å²) >= 11 is 6.28. The van der Waals surface area contributed by atoms with Gasteiger partial charge in [-0.25, -0.2) is 14.8 Å². The highest BCUT2D eigenvalue weighted by molar-refractivity contribution is 6.30. The van der Waals surface area contributed by atoms with Crippen molar-refractivity contribution in [2.45, 2.75) is 58.7 Å². The highest BCUT2D eigenvalue weighted by Crippen LogP contribution is 2.49. The van der Waals surface area contributed by atoms with Crippen LogP contribution in [0.25, 0.3) is 22.4 Å². The van der Waals surface area contributed by atoms with Crippen molar-refractivity contribution >= 4 is 40.7 Å². The number of carbonyl (C=O) groups is 1. The quantitative estimate of drug-likeness (QED) is 0.383. The van der Waals surface area contributed by atoms with Gasteiger partial charge in [0.1, 0.15) is 23.1 Å². The van der Waals surface area contributed by atoms with Gasteiger partial charge in [-0.2, -0.15) is 4.98 Å². The van der Waals surface area contributed by atoms with Gasteiger partial charge in [-0.3, -0.25) is 10.4 Å². The predicted molar refractivity (Wildman–Crippen MR) is 137 cm³/mol. The van der Waals surface area contributed by atoms with Crippen LogP contribution in [0, 0.1) is 17.2 Å². The highest BCUT2D eigenvalue weighted by atomic mass is 35.5. The van der Waals surface area contributed by atoms with Crippen molar-refractivity contribution in [3.63, 3.8) is 0 Å². The van der Waals surface area contributed by atoms with Crippen LogP contribution >= 0.6 is 11.6 Å².